The minimum atomic E-state index is -0.682. The maximum Gasteiger partial charge on any atom is 0.0859 e. The molecule has 0 saturated heterocycles. The molecule has 1 unspecified atom stereocenters. The Balaban J connectivity index is 2.23. The van der Waals surface area contributed by atoms with Gasteiger partial charge in [0, 0.05) is 22.0 Å². The second-order valence-electron chi connectivity index (χ2n) is 3.84. The predicted molar refractivity (Wildman–Crippen MR) is 71.6 cm³/mol. The van der Waals surface area contributed by atoms with Crippen molar-refractivity contribution < 1.29 is 5.11 Å². The zero-order valence-corrected chi connectivity index (χ0v) is 10.6. The van der Waals surface area contributed by atoms with Crippen LogP contribution >= 0.6 is 23.2 Å². The van der Waals surface area contributed by atoms with Crippen LogP contribution in [0.2, 0.25) is 10.0 Å². The lowest BCUT2D eigenvalue weighted by atomic mass is 10.0. The van der Waals surface area contributed by atoms with E-state index in [1.807, 2.05) is 30.3 Å². The molecule has 1 atom stereocenters. The van der Waals surface area contributed by atoms with Crippen molar-refractivity contribution in [2.75, 3.05) is 0 Å². The van der Waals surface area contributed by atoms with Gasteiger partial charge in [-0.1, -0.05) is 59.6 Å². The smallest absolute Gasteiger partial charge is 0.0859 e. The molecule has 0 aromatic heterocycles. The number of rotatable bonds is 3. The molecule has 2 aromatic rings. The molecule has 0 bridgehead atoms. The fraction of sp³-hybridized carbons (Fsp3) is 0.143. The number of aliphatic hydroxyl groups excluding tert-OH is 1. The first-order valence-electron chi connectivity index (χ1n) is 5.34. The van der Waals surface area contributed by atoms with E-state index in [-0.39, 0.29) is 0 Å². The SMILES string of the molecule is OC(Cc1ccccc1)c1c(Cl)cccc1Cl. The summed E-state index contributed by atoms with van der Waals surface area (Å²) in [7, 11) is 0. The van der Waals surface area contributed by atoms with Crippen LogP contribution in [0.25, 0.3) is 0 Å². The Kier molecular flexibility index (Phi) is 4.06. The van der Waals surface area contributed by atoms with Gasteiger partial charge in [-0.25, -0.2) is 0 Å². The average molecular weight is 267 g/mol. The van der Waals surface area contributed by atoms with Gasteiger partial charge in [0.05, 0.1) is 6.10 Å². The summed E-state index contributed by atoms with van der Waals surface area (Å²) in [6.07, 6.45) is -0.178. The summed E-state index contributed by atoms with van der Waals surface area (Å²) in [5, 5.41) is 11.2. The van der Waals surface area contributed by atoms with Crippen molar-refractivity contribution in [3.8, 4) is 0 Å². The number of benzene rings is 2. The molecule has 0 saturated carbocycles. The minimum Gasteiger partial charge on any atom is -0.388 e. The van der Waals surface area contributed by atoms with Crippen molar-refractivity contribution >= 4 is 23.2 Å². The van der Waals surface area contributed by atoms with Crippen LogP contribution in [0.3, 0.4) is 0 Å². The Bertz CT molecular complexity index is 477. The van der Waals surface area contributed by atoms with Gasteiger partial charge in [-0.05, 0) is 17.7 Å². The normalized spacial score (nSPS) is 12.4. The average Bonchev–Trinajstić information content (AvgIpc) is 2.30. The topological polar surface area (TPSA) is 20.2 Å². The van der Waals surface area contributed by atoms with Crippen molar-refractivity contribution in [3.63, 3.8) is 0 Å². The highest BCUT2D eigenvalue weighted by Gasteiger charge is 2.15. The Hall–Kier alpha value is -1.02. The predicted octanol–water partition coefficient (Wildman–Crippen LogP) is 4.27. The molecule has 0 aliphatic rings. The Morgan fingerprint density at radius 3 is 2.06 bits per heavy atom. The van der Waals surface area contributed by atoms with E-state index in [0.717, 1.165) is 5.56 Å². The molecule has 0 fully saturated rings. The maximum absolute atomic E-state index is 10.2. The summed E-state index contributed by atoms with van der Waals surface area (Å²) in [5.74, 6) is 0. The summed E-state index contributed by atoms with van der Waals surface area (Å²) in [6, 6.07) is 15.0. The van der Waals surface area contributed by atoms with Crippen LogP contribution in [0.4, 0.5) is 0 Å². The van der Waals surface area contributed by atoms with Crippen LogP contribution in [0, 0.1) is 0 Å². The van der Waals surface area contributed by atoms with Gasteiger partial charge >= 0.3 is 0 Å². The van der Waals surface area contributed by atoms with Gasteiger partial charge in [0.25, 0.3) is 0 Å². The van der Waals surface area contributed by atoms with Crippen molar-refractivity contribution in [1.82, 2.24) is 0 Å². The lowest BCUT2D eigenvalue weighted by Crippen LogP contribution is -2.03. The number of hydrogen-bond acceptors (Lipinski definition) is 1. The van der Waals surface area contributed by atoms with Crippen LogP contribution in [-0.2, 0) is 6.42 Å². The maximum atomic E-state index is 10.2. The van der Waals surface area contributed by atoms with E-state index in [1.54, 1.807) is 18.2 Å². The zero-order chi connectivity index (χ0) is 12.3. The molecule has 2 rings (SSSR count). The lowest BCUT2D eigenvalue weighted by molar-refractivity contribution is 0.178. The van der Waals surface area contributed by atoms with E-state index in [0.29, 0.717) is 22.0 Å². The molecule has 2 aromatic carbocycles. The summed E-state index contributed by atoms with van der Waals surface area (Å²) < 4.78 is 0. The lowest BCUT2D eigenvalue weighted by Gasteiger charge is -2.14. The molecule has 0 heterocycles. The molecule has 0 spiro atoms. The van der Waals surface area contributed by atoms with E-state index in [2.05, 4.69) is 0 Å². The Labute approximate surface area is 111 Å². The third-order valence-electron chi connectivity index (χ3n) is 2.60. The first-order valence-corrected chi connectivity index (χ1v) is 6.10. The Morgan fingerprint density at radius 2 is 1.47 bits per heavy atom. The van der Waals surface area contributed by atoms with E-state index >= 15 is 0 Å². The van der Waals surface area contributed by atoms with Crippen molar-refractivity contribution in [2.24, 2.45) is 0 Å². The number of aliphatic hydroxyl groups is 1. The van der Waals surface area contributed by atoms with Crippen LogP contribution < -0.4 is 0 Å². The number of hydrogen-bond donors (Lipinski definition) is 1. The fourth-order valence-corrected chi connectivity index (χ4v) is 2.42. The summed E-state index contributed by atoms with van der Waals surface area (Å²) in [5.41, 5.74) is 1.65. The monoisotopic (exact) mass is 266 g/mol. The van der Waals surface area contributed by atoms with Crippen LogP contribution in [0.15, 0.2) is 48.5 Å². The first-order chi connectivity index (χ1) is 8.18. The summed E-state index contributed by atoms with van der Waals surface area (Å²) in [4.78, 5) is 0. The molecule has 88 valence electrons. The molecule has 1 N–H and O–H groups in total. The van der Waals surface area contributed by atoms with Gasteiger partial charge in [-0.2, -0.15) is 0 Å². The minimum absolute atomic E-state index is 0.501. The highest BCUT2D eigenvalue weighted by atomic mass is 35.5. The molecule has 0 aliphatic heterocycles. The van der Waals surface area contributed by atoms with Gasteiger partial charge in [-0.3, -0.25) is 0 Å². The molecular weight excluding hydrogens is 255 g/mol. The number of halogens is 2. The van der Waals surface area contributed by atoms with E-state index in [4.69, 9.17) is 23.2 Å². The van der Waals surface area contributed by atoms with Crippen molar-refractivity contribution in [3.05, 3.63) is 69.7 Å². The van der Waals surface area contributed by atoms with Gasteiger partial charge in [0.1, 0.15) is 0 Å². The molecule has 0 amide bonds. The highest BCUT2D eigenvalue weighted by Crippen LogP contribution is 2.31. The summed E-state index contributed by atoms with van der Waals surface area (Å²) >= 11 is 12.1. The van der Waals surface area contributed by atoms with Gasteiger partial charge in [0.15, 0.2) is 0 Å². The molecule has 1 nitrogen and oxygen atoms in total. The quantitative estimate of drug-likeness (QED) is 0.880. The third-order valence-corrected chi connectivity index (χ3v) is 3.26. The van der Waals surface area contributed by atoms with Gasteiger partial charge < -0.3 is 5.11 Å². The highest BCUT2D eigenvalue weighted by molar-refractivity contribution is 6.36. The van der Waals surface area contributed by atoms with Crippen LogP contribution in [-0.4, -0.2) is 5.11 Å². The van der Waals surface area contributed by atoms with E-state index in [1.165, 1.54) is 0 Å². The molecule has 17 heavy (non-hydrogen) atoms. The van der Waals surface area contributed by atoms with Crippen molar-refractivity contribution in [2.45, 2.75) is 12.5 Å². The van der Waals surface area contributed by atoms with Gasteiger partial charge in [-0.15, -0.1) is 0 Å². The summed E-state index contributed by atoms with van der Waals surface area (Å²) in [6.45, 7) is 0. The van der Waals surface area contributed by atoms with Crippen molar-refractivity contribution in [1.29, 1.82) is 0 Å². The largest absolute Gasteiger partial charge is 0.388 e. The molecule has 0 aliphatic carbocycles. The molecular formula is C14H12Cl2O. The van der Waals surface area contributed by atoms with Crippen LogP contribution in [0.1, 0.15) is 17.2 Å². The fourth-order valence-electron chi connectivity index (χ4n) is 1.77. The molecule has 0 radical (unpaired) electrons. The van der Waals surface area contributed by atoms with Gasteiger partial charge in [0.2, 0.25) is 0 Å². The molecule has 3 heteroatoms. The second-order valence-corrected chi connectivity index (χ2v) is 4.66. The standard InChI is InChI=1S/C14H12Cl2O/c15-11-7-4-8-12(16)14(11)13(17)9-10-5-2-1-3-6-10/h1-8,13,17H,9H2. The zero-order valence-electron chi connectivity index (χ0n) is 9.11. The van der Waals surface area contributed by atoms with E-state index < -0.39 is 6.10 Å². The second kappa shape index (κ2) is 5.54. The Morgan fingerprint density at radius 1 is 0.882 bits per heavy atom. The van der Waals surface area contributed by atoms with E-state index in [9.17, 15) is 5.11 Å². The first kappa shape index (κ1) is 12.4. The van der Waals surface area contributed by atoms with Crippen LogP contribution in [0.5, 0.6) is 0 Å². The third kappa shape index (κ3) is 3.01.